The van der Waals surface area contributed by atoms with E-state index in [-0.39, 0.29) is 52.3 Å². The summed E-state index contributed by atoms with van der Waals surface area (Å²) in [6.45, 7) is 0. The molecule has 0 aliphatic heterocycles. The first-order valence-electron chi connectivity index (χ1n) is 1.13. The van der Waals surface area contributed by atoms with Crippen molar-refractivity contribution in [3.05, 3.63) is 20.2 Å². The predicted octanol–water partition coefficient (Wildman–Crippen LogP) is -5.65. The van der Waals surface area contributed by atoms with Crippen molar-refractivity contribution in [1.29, 1.82) is 0 Å². The molecule has 0 aliphatic rings. The molecule has 0 amide bonds. The van der Waals surface area contributed by atoms with Crippen molar-refractivity contribution in [2.45, 2.75) is 0 Å². The van der Waals surface area contributed by atoms with Crippen LogP contribution in [0.1, 0.15) is 0 Å². The van der Waals surface area contributed by atoms with Crippen molar-refractivity contribution in [2.75, 3.05) is 0 Å². The SMILES string of the molecule is O.O.O.O.O.O.O=[N+]([O-])O.O=[N+]([O-])O.[Zn]. The molecule has 0 heterocycles. The zero-order valence-corrected chi connectivity index (χ0v) is 10.1. The molecule has 0 spiro atoms. The van der Waals surface area contributed by atoms with Gasteiger partial charge >= 0.3 is 0 Å². The Balaban J connectivity index is -0.00000000468. The van der Waals surface area contributed by atoms with Crippen LogP contribution >= 0.6 is 0 Å². The molecule has 0 fully saturated rings. The van der Waals surface area contributed by atoms with Crippen LogP contribution in [0.2, 0.25) is 0 Å². The largest absolute Gasteiger partial charge is 0.412 e. The Labute approximate surface area is 94.0 Å². The molecule has 0 aromatic carbocycles. The molecule has 0 unspecified atom stereocenters. The van der Waals surface area contributed by atoms with Gasteiger partial charge in [-0.3, -0.25) is 0 Å². The molecule has 0 rings (SSSR count). The first-order chi connectivity index (χ1) is 3.46. The third kappa shape index (κ3) is 1000. The third-order valence-corrected chi connectivity index (χ3v) is 0. The first-order valence-corrected chi connectivity index (χ1v) is 1.13. The summed E-state index contributed by atoms with van der Waals surface area (Å²) >= 11 is 0. The van der Waals surface area contributed by atoms with E-state index >= 15 is 0 Å². The fourth-order valence-electron chi connectivity index (χ4n) is 0. The molecule has 0 atom stereocenters. The van der Waals surface area contributed by atoms with Crippen molar-refractivity contribution in [2.24, 2.45) is 0 Å². The van der Waals surface area contributed by atoms with Gasteiger partial charge in [-0.25, -0.2) is 0 Å². The van der Waals surface area contributed by atoms with Gasteiger partial charge in [0.2, 0.25) is 0 Å². The van der Waals surface area contributed by atoms with E-state index in [0.29, 0.717) is 0 Å². The van der Waals surface area contributed by atoms with Crippen molar-refractivity contribution < 1.29 is 72.9 Å². The Hall–Kier alpha value is -1.22. The number of hydrogen-bond acceptors (Lipinski definition) is 4. The normalized spacial score (nSPS) is 3.20. The van der Waals surface area contributed by atoms with E-state index in [1.165, 1.54) is 0 Å². The van der Waals surface area contributed by atoms with Gasteiger partial charge < -0.3 is 43.3 Å². The first kappa shape index (κ1) is 98.4. The molecule has 0 bridgehead atoms. The Kier molecular flexibility index (Phi) is 509. The quantitative estimate of drug-likeness (QED) is 0.249. The van der Waals surface area contributed by atoms with Gasteiger partial charge in [0.25, 0.3) is 10.2 Å². The van der Waals surface area contributed by atoms with Crippen LogP contribution < -0.4 is 0 Å². The minimum Gasteiger partial charge on any atom is -0.412 e. The summed E-state index contributed by atoms with van der Waals surface area (Å²) in [6, 6.07) is 0. The van der Waals surface area contributed by atoms with Crippen LogP contribution in [0.4, 0.5) is 0 Å². The second-order valence-electron chi connectivity index (χ2n) is 0.476. The Morgan fingerprint density at radius 2 is 0.667 bits per heavy atom. The van der Waals surface area contributed by atoms with Crippen LogP contribution in [-0.2, 0) is 19.5 Å². The van der Waals surface area contributed by atoms with Crippen LogP contribution in [-0.4, -0.2) is 53.4 Å². The Morgan fingerprint density at radius 3 is 0.667 bits per heavy atom. The van der Waals surface area contributed by atoms with E-state index in [9.17, 15) is 0 Å². The topological polar surface area (TPSA) is 316 Å². The van der Waals surface area contributed by atoms with Gasteiger partial charge in [-0.2, -0.15) is 0 Å². The van der Waals surface area contributed by atoms with E-state index < -0.39 is 10.2 Å². The maximum absolute atomic E-state index is 8.36. The molecule has 0 aromatic rings. The van der Waals surface area contributed by atoms with Crippen molar-refractivity contribution in [3.63, 3.8) is 0 Å². The van der Waals surface area contributed by atoms with Crippen LogP contribution in [0.25, 0.3) is 0 Å². The molecule has 0 aromatic heterocycles. The Bertz CT molecular complexity index is 71.6. The molecular weight excluding hydrogens is 285 g/mol. The van der Waals surface area contributed by atoms with Gasteiger partial charge in [0.1, 0.15) is 0 Å². The summed E-state index contributed by atoms with van der Waals surface area (Å²) in [5, 5.41) is 27.3. The average molecular weight is 300 g/mol. The smallest absolute Gasteiger partial charge is 0.291 e. The minimum atomic E-state index is -1.50. The zero-order valence-electron chi connectivity index (χ0n) is 7.13. The molecular formula is H14N2O12Zn. The maximum atomic E-state index is 8.36. The third-order valence-electron chi connectivity index (χ3n) is 0. The summed E-state index contributed by atoms with van der Waals surface area (Å²) < 4.78 is 0. The maximum Gasteiger partial charge on any atom is 0.291 e. The number of hydrogen-bond donors (Lipinski definition) is 2. The summed E-state index contributed by atoms with van der Waals surface area (Å²) in [4.78, 5) is 16.7. The van der Waals surface area contributed by atoms with Gasteiger partial charge in [0.15, 0.2) is 0 Å². The van der Waals surface area contributed by atoms with E-state index in [1.54, 1.807) is 0 Å². The molecule has 98 valence electrons. The van der Waals surface area contributed by atoms with Crippen LogP contribution in [0.5, 0.6) is 0 Å². The molecule has 0 radical (unpaired) electrons. The summed E-state index contributed by atoms with van der Waals surface area (Å²) in [7, 11) is 0. The molecule has 15 heavy (non-hydrogen) atoms. The number of nitrogens with zero attached hydrogens (tertiary/aromatic N) is 2. The van der Waals surface area contributed by atoms with Crippen LogP contribution in [0.15, 0.2) is 0 Å². The minimum absolute atomic E-state index is 0. The monoisotopic (exact) mass is 298 g/mol. The van der Waals surface area contributed by atoms with Gasteiger partial charge in [0.05, 0.1) is 0 Å². The molecule has 15 heteroatoms. The Morgan fingerprint density at radius 1 is 0.667 bits per heavy atom. The van der Waals surface area contributed by atoms with Crippen molar-refractivity contribution >= 4 is 0 Å². The number of rotatable bonds is 0. The second-order valence-corrected chi connectivity index (χ2v) is 0.476. The molecule has 0 saturated heterocycles. The van der Waals surface area contributed by atoms with Gasteiger partial charge in [-0.05, 0) is 0 Å². The molecule has 0 saturated carbocycles. The van der Waals surface area contributed by atoms with Gasteiger partial charge in [0, 0.05) is 19.5 Å². The van der Waals surface area contributed by atoms with E-state index in [2.05, 4.69) is 0 Å². The van der Waals surface area contributed by atoms with E-state index in [0.717, 1.165) is 0 Å². The summed E-state index contributed by atoms with van der Waals surface area (Å²) in [6.07, 6.45) is 0. The fourth-order valence-corrected chi connectivity index (χ4v) is 0. The zero-order chi connectivity index (χ0) is 7.15. The molecule has 14 N–H and O–H groups in total. The van der Waals surface area contributed by atoms with Crippen LogP contribution in [0.3, 0.4) is 0 Å². The van der Waals surface area contributed by atoms with E-state index in [4.69, 9.17) is 30.6 Å². The average Bonchev–Trinajstić information content (AvgIpc) is 1.25. The predicted molar refractivity (Wildman–Crippen MR) is 39.2 cm³/mol. The van der Waals surface area contributed by atoms with Crippen LogP contribution in [0, 0.1) is 20.2 Å². The molecule has 14 nitrogen and oxygen atoms in total. The standard InChI is InChI=1S/2HNO3.6H2O.Zn/c2*2-1(3)4;;;;;;;/h2*(H,2,3,4);6*1H2;. The van der Waals surface area contributed by atoms with Gasteiger partial charge in [-0.1, -0.05) is 0 Å². The summed E-state index contributed by atoms with van der Waals surface area (Å²) in [5.41, 5.74) is 0. The fraction of sp³-hybridized carbons (Fsp3) is 0. The van der Waals surface area contributed by atoms with Crippen molar-refractivity contribution in [3.8, 4) is 0 Å². The van der Waals surface area contributed by atoms with E-state index in [1.807, 2.05) is 0 Å². The van der Waals surface area contributed by atoms with Gasteiger partial charge in [-0.15, -0.1) is 20.2 Å². The summed E-state index contributed by atoms with van der Waals surface area (Å²) in [5.74, 6) is 0. The van der Waals surface area contributed by atoms with Crippen molar-refractivity contribution in [1.82, 2.24) is 0 Å². The second kappa shape index (κ2) is 77.6. The molecule has 0 aliphatic carbocycles.